The summed E-state index contributed by atoms with van der Waals surface area (Å²) < 4.78 is 5.79. The number of nitrogens with one attached hydrogen (secondary N) is 2. The molecule has 2 fully saturated rings. The van der Waals surface area contributed by atoms with E-state index in [0.717, 1.165) is 58.1 Å². The molecule has 2 aliphatic rings. The van der Waals surface area contributed by atoms with Gasteiger partial charge in [0.2, 0.25) is 5.91 Å². The molecule has 0 aromatic heterocycles. The van der Waals surface area contributed by atoms with E-state index in [4.69, 9.17) is 4.74 Å². The molecule has 28 heavy (non-hydrogen) atoms. The van der Waals surface area contributed by atoms with Gasteiger partial charge in [-0.2, -0.15) is 0 Å². The second-order valence-corrected chi connectivity index (χ2v) is 7.71. The Bertz CT molecular complexity index is 650. The first kappa shape index (κ1) is 20.5. The Balaban J connectivity index is 1.35. The number of aliphatic imine (C=N–C) groups is 1. The predicted molar refractivity (Wildman–Crippen MR) is 113 cm³/mol. The maximum Gasteiger partial charge on any atom is 0.224 e. The van der Waals surface area contributed by atoms with Crippen LogP contribution < -0.4 is 15.5 Å². The number of carbonyl (C=O) groups excluding carboxylic acids is 1. The van der Waals surface area contributed by atoms with Crippen LogP contribution in [0, 0.1) is 0 Å². The van der Waals surface area contributed by atoms with E-state index in [1.54, 1.807) is 7.05 Å². The normalized spacial score (nSPS) is 23.0. The fraction of sp³-hybridized carbons (Fsp3) is 0.619. The van der Waals surface area contributed by atoms with Crippen molar-refractivity contribution in [1.82, 2.24) is 15.5 Å². The van der Waals surface area contributed by atoms with Crippen molar-refractivity contribution in [2.75, 3.05) is 57.8 Å². The summed E-state index contributed by atoms with van der Waals surface area (Å²) in [5, 5.41) is 6.55. The van der Waals surface area contributed by atoms with Gasteiger partial charge < -0.3 is 25.2 Å². The minimum absolute atomic E-state index is 0.119. The highest BCUT2D eigenvalue weighted by Gasteiger charge is 2.29. The van der Waals surface area contributed by atoms with Crippen LogP contribution in [-0.2, 0) is 9.53 Å². The third-order valence-electron chi connectivity index (χ3n) is 5.54. The highest BCUT2D eigenvalue weighted by Crippen LogP contribution is 2.23. The number of nitrogens with zero attached hydrogens (tertiary/aromatic N) is 3. The zero-order chi connectivity index (χ0) is 19.8. The summed E-state index contributed by atoms with van der Waals surface area (Å²) in [6.45, 7) is 7.56. The van der Waals surface area contributed by atoms with Gasteiger partial charge in [0.25, 0.3) is 0 Å². The first-order chi connectivity index (χ1) is 13.6. The van der Waals surface area contributed by atoms with Gasteiger partial charge in [-0.05, 0) is 31.9 Å². The molecule has 154 valence electrons. The molecule has 0 saturated carbocycles. The first-order valence-electron chi connectivity index (χ1n) is 10.3. The molecule has 2 saturated heterocycles. The summed E-state index contributed by atoms with van der Waals surface area (Å²) in [5.41, 5.74) is 1.11. The summed E-state index contributed by atoms with van der Waals surface area (Å²) in [7, 11) is 1.75. The van der Waals surface area contributed by atoms with E-state index >= 15 is 0 Å². The van der Waals surface area contributed by atoms with Crippen LogP contribution in [0.2, 0.25) is 0 Å². The largest absolute Gasteiger partial charge is 0.373 e. The average molecular weight is 388 g/mol. The van der Waals surface area contributed by atoms with E-state index in [2.05, 4.69) is 51.7 Å². The Labute approximate surface area is 168 Å². The molecule has 7 nitrogen and oxygen atoms in total. The Hall–Kier alpha value is -2.28. The van der Waals surface area contributed by atoms with Gasteiger partial charge in [-0.25, -0.2) is 0 Å². The molecule has 1 unspecified atom stereocenters. The third kappa shape index (κ3) is 5.61. The van der Waals surface area contributed by atoms with Crippen LogP contribution in [0.4, 0.5) is 5.69 Å². The van der Waals surface area contributed by atoms with E-state index in [9.17, 15) is 4.79 Å². The Morgan fingerprint density at radius 2 is 1.93 bits per heavy atom. The van der Waals surface area contributed by atoms with Crippen LogP contribution in [0.5, 0.6) is 0 Å². The number of hydrogen-bond donors (Lipinski definition) is 2. The van der Waals surface area contributed by atoms with Crippen molar-refractivity contribution in [2.24, 2.45) is 4.99 Å². The topological polar surface area (TPSA) is 69.2 Å². The monoisotopic (exact) mass is 387 g/mol. The second kappa shape index (κ2) is 9.78. The van der Waals surface area contributed by atoms with Crippen molar-refractivity contribution >= 4 is 17.6 Å². The zero-order valence-electron chi connectivity index (χ0n) is 17.1. The Morgan fingerprint density at radius 1 is 1.18 bits per heavy atom. The van der Waals surface area contributed by atoms with E-state index in [0.29, 0.717) is 13.0 Å². The van der Waals surface area contributed by atoms with Gasteiger partial charge in [-0.3, -0.25) is 9.79 Å². The highest BCUT2D eigenvalue weighted by molar-refractivity contribution is 5.81. The number of amides is 1. The number of piperazine rings is 1. The molecular formula is C21H33N5O2. The number of guanidine groups is 1. The number of benzene rings is 1. The van der Waals surface area contributed by atoms with Gasteiger partial charge >= 0.3 is 0 Å². The van der Waals surface area contributed by atoms with Gasteiger partial charge in [0.05, 0.1) is 5.60 Å². The van der Waals surface area contributed by atoms with Crippen molar-refractivity contribution < 1.29 is 9.53 Å². The number of hydrogen-bond acceptors (Lipinski definition) is 4. The maximum atomic E-state index is 12.5. The van der Waals surface area contributed by atoms with Crippen LogP contribution in [0.25, 0.3) is 0 Å². The minimum atomic E-state index is -0.119. The van der Waals surface area contributed by atoms with Crippen LogP contribution >= 0.6 is 0 Å². The van der Waals surface area contributed by atoms with Gasteiger partial charge in [-0.15, -0.1) is 0 Å². The molecular weight excluding hydrogens is 354 g/mol. The molecule has 2 aliphatic heterocycles. The molecule has 7 heteroatoms. The Kier molecular flexibility index (Phi) is 7.14. The van der Waals surface area contributed by atoms with Crippen molar-refractivity contribution in [3.8, 4) is 0 Å². The summed E-state index contributed by atoms with van der Waals surface area (Å²) in [4.78, 5) is 21.1. The van der Waals surface area contributed by atoms with Crippen LogP contribution in [0.3, 0.4) is 0 Å². The van der Waals surface area contributed by atoms with Crippen LogP contribution in [-0.4, -0.2) is 75.3 Å². The lowest BCUT2D eigenvalue weighted by molar-refractivity contribution is -0.131. The second-order valence-electron chi connectivity index (χ2n) is 7.71. The SMILES string of the molecule is CN=C(NCCC(=O)N1CCN(c2ccccc2)CC1)NCC1(C)CCCO1. The molecule has 1 atom stereocenters. The fourth-order valence-electron chi connectivity index (χ4n) is 3.77. The number of rotatable bonds is 6. The smallest absolute Gasteiger partial charge is 0.224 e. The van der Waals surface area contributed by atoms with Gasteiger partial charge in [-0.1, -0.05) is 18.2 Å². The fourth-order valence-corrected chi connectivity index (χ4v) is 3.77. The number of ether oxygens (including phenoxy) is 1. The molecule has 1 amide bonds. The van der Waals surface area contributed by atoms with Crippen molar-refractivity contribution in [1.29, 1.82) is 0 Å². The van der Waals surface area contributed by atoms with E-state index < -0.39 is 0 Å². The van der Waals surface area contributed by atoms with Gasteiger partial charge in [0, 0.05) is 65.0 Å². The standard InChI is InChI=1S/C21H33N5O2/c1-21(10-6-16-28-21)17-24-20(22-2)23-11-9-19(27)26-14-12-25(13-15-26)18-7-4-3-5-8-18/h3-5,7-8H,6,9-17H2,1-2H3,(H2,22,23,24). The van der Waals surface area contributed by atoms with Gasteiger partial charge in [0.1, 0.15) is 0 Å². The molecule has 0 spiro atoms. The molecule has 0 radical (unpaired) electrons. The van der Waals surface area contributed by atoms with Crippen molar-refractivity contribution in [2.45, 2.75) is 31.8 Å². The van der Waals surface area contributed by atoms with E-state index in [1.165, 1.54) is 5.69 Å². The maximum absolute atomic E-state index is 12.5. The number of anilines is 1. The lowest BCUT2D eigenvalue weighted by Gasteiger charge is -2.36. The van der Waals surface area contributed by atoms with Crippen LogP contribution in [0.15, 0.2) is 35.3 Å². The quantitative estimate of drug-likeness (QED) is 0.571. The lowest BCUT2D eigenvalue weighted by atomic mass is 10.0. The summed E-state index contributed by atoms with van der Waals surface area (Å²) >= 11 is 0. The predicted octanol–water partition coefficient (Wildman–Crippen LogP) is 1.46. The first-order valence-corrected chi connectivity index (χ1v) is 10.3. The molecule has 3 rings (SSSR count). The van der Waals surface area contributed by atoms with Crippen molar-refractivity contribution in [3.63, 3.8) is 0 Å². The van der Waals surface area contributed by atoms with E-state index in [-0.39, 0.29) is 11.5 Å². The van der Waals surface area contributed by atoms with Gasteiger partial charge in [0.15, 0.2) is 5.96 Å². The third-order valence-corrected chi connectivity index (χ3v) is 5.54. The number of para-hydroxylation sites is 1. The average Bonchev–Trinajstić information content (AvgIpc) is 3.18. The molecule has 2 N–H and O–H groups in total. The minimum Gasteiger partial charge on any atom is -0.373 e. The molecule has 0 aliphatic carbocycles. The number of carbonyl (C=O) groups is 1. The van der Waals surface area contributed by atoms with E-state index in [1.807, 2.05) is 11.0 Å². The van der Waals surface area contributed by atoms with Crippen molar-refractivity contribution in [3.05, 3.63) is 30.3 Å². The Morgan fingerprint density at radius 3 is 2.57 bits per heavy atom. The molecule has 0 bridgehead atoms. The van der Waals surface area contributed by atoms with Crippen LogP contribution in [0.1, 0.15) is 26.2 Å². The highest BCUT2D eigenvalue weighted by atomic mass is 16.5. The molecule has 2 heterocycles. The molecule has 1 aromatic carbocycles. The molecule has 1 aromatic rings. The summed E-state index contributed by atoms with van der Waals surface area (Å²) in [6.07, 6.45) is 2.64. The zero-order valence-corrected chi connectivity index (χ0v) is 17.1. The summed E-state index contributed by atoms with van der Waals surface area (Å²) in [5.74, 6) is 0.917. The summed E-state index contributed by atoms with van der Waals surface area (Å²) in [6, 6.07) is 10.4. The lowest BCUT2D eigenvalue weighted by Crippen LogP contribution is -2.50.